The lowest BCUT2D eigenvalue weighted by Gasteiger charge is -2.26. The number of nitrogen functional groups attached to an aromatic ring is 1. The van der Waals surface area contributed by atoms with Gasteiger partial charge in [0.15, 0.2) is 0 Å². The number of halogens is 1. The van der Waals surface area contributed by atoms with Crippen LogP contribution in [0.5, 0.6) is 0 Å². The minimum atomic E-state index is -0.476. The molecule has 0 spiro atoms. The molecule has 0 aliphatic heterocycles. The van der Waals surface area contributed by atoms with Crippen molar-refractivity contribution < 1.29 is 9.18 Å². The Morgan fingerprint density at radius 2 is 2.20 bits per heavy atom. The fourth-order valence-electron chi connectivity index (χ4n) is 3.06. The molecule has 20 heavy (non-hydrogen) atoms. The van der Waals surface area contributed by atoms with E-state index in [1.165, 1.54) is 43.9 Å². The number of nitrogens with one attached hydrogen (secondary N) is 1. The number of carbonyl (C=O) groups is 1. The highest BCUT2D eigenvalue weighted by molar-refractivity contribution is 5.95. The van der Waals surface area contributed by atoms with E-state index in [0.717, 1.165) is 12.3 Å². The third-order valence-corrected chi connectivity index (χ3v) is 4.07. The molecule has 0 bridgehead atoms. The topological polar surface area (TPSA) is 55.1 Å². The first-order chi connectivity index (χ1) is 9.54. The first kappa shape index (κ1) is 14.8. The van der Waals surface area contributed by atoms with Crippen LogP contribution in [-0.4, -0.2) is 12.5 Å². The average molecular weight is 278 g/mol. The fraction of sp³-hybridized carbons (Fsp3) is 0.562. The van der Waals surface area contributed by atoms with Crippen molar-refractivity contribution in [3.63, 3.8) is 0 Å². The van der Waals surface area contributed by atoms with E-state index < -0.39 is 5.82 Å². The number of anilines is 1. The summed E-state index contributed by atoms with van der Waals surface area (Å²) < 4.78 is 13.2. The Hall–Kier alpha value is -1.58. The zero-order chi connectivity index (χ0) is 14.5. The number of rotatable bonds is 4. The number of carbonyl (C=O) groups excluding carboxylic acids is 1. The number of hydrogen-bond donors (Lipinski definition) is 2. The van der Waals surface area contributed by atoms with E-state index in [-0.39, 0.29) is 11.6 Å². The molecule has 0 aromatic heterocycles. The van der Waals surface area contributed by atoms with E-state index >= 15 is 0 Å². The molecule has 1 fully saturated rings. The van der Waals surface area contributed by atoms with Crippen LogP contribution in [0.4, 0.5) is 10.1 Å². The predicted molar refractivity (Wildman–Crippen MR) is 78.9 cm³/mol. The predicted octanol–water partition coefficient (Wildman–Crippen LogP) is 3.35. The van der Waals surface area contributed by atoms with Crippen molar-refractivity contribution in [3.05, 3.63) is 29.6 Å². The second-order valence-corrected chi connectivity index (χ2v) is 5.96. The summed E-state index contributed by atoms with van der Waals surface area (Å²) in [6.45, 7) is 2.94. The third-order valence-electron chi connectivity index (χ3n) is 4.07. The van der Waals surface area contributed by atoms with Gasteiger partial charge in [0.2, 0.25) is 0 Å². The highest BCUT2D eigenvalue weighted by atomic mass is 19.1. The standard InChI is InChI=1S/C16H23FN2O/c1-11-3-2-4-12(7-11)5-6-19-16(20)13-8-14(17)10-15(18)9-13/h8-12H,2-7,18H2,1H3,(H,19,20). The van der Waals surface area contributed by atoms with Crippen molar-refractivity contribution in [2.24, 2.45) is 11.8 Å². The zero-order valence-corrected chi connectivity index (χ0v) is 12.0. The van der Waals surface area contributed by atoms with E-state index in [9.17, 15) is 9.18 Å². The van der Waals surface area contributed by atoms with Crippen molar-refractivity contribution in [2.75, 3.05) is 12.3 Å². The van der Waals surface area contributed by atoms with Crippen LogP contribution in [0.3, 0.4) is 0 Å². The molecule has 2 unspecified atom stereocenters. The fourth-order valence-corrected chi connectivity index (χ4v) is 3.06. The number of hydrogen-bond acceptors (Lipinski definition) is 2. The second-order valence-electron chi connectivity index (χ2n) is 5.96. The molecule has 0 heterocycles. The molecule has 2 atom stereocenters. The van der Waals surface area contributed by atoms with Gasteiger partial charge >= 0.3 is 0 Å². The summed E-state index contributed by atoms with van der Waals surface area (Å²) in [5.41, 5.74) is 6.10. The van der Waals surface area contributed by atoms with Gasteiger partial charge in [-0.2, -0.15) is 0 Å². The smallest absolute Gasteiger partial charge is 0.251 e. The van der Waals surface area contributed by atoms with E-state index in [1.807, 2.05) is 0 Å². The van der Waals surface area contributed by atoms with Crippen LogP contribution in [0.15, 0.2) is 18.2 Å². The Morgan fingerprint density at radius 3 is 2.90 bits per heavy atom. The molecule has 1 aliphatic carbocycles. The van der Waals surface area contributed by atoms with Crippen molar-refractivity contribution in [2.45, 2.75) is 39.0 Å². The van der Waals surface area contributed by atoms with Crippen molar-refractivity contribution in [1.82, 2.24) is 5.32 Å². The molecular formula is C16H23FN2O. The molecule has 3 nitrogen and oxygen atoms in total. The van der Waals surface area contributed by atoms with Crippen LogP contribution in [0.2, 0.25) is 0 Å². The van der Waals surface area contributed by atoms with Crippen molar-refractivity contribution in [1.29, 1.82) is 0 Å². The lowest BCUT2D eigenvalue weighted by molar-refractivity contribution is 0.0949. The summed E-state index contributed by atoms with van der Waals surface area (Å²) in [6, 6.07) is 3.93. The van der Waals surface area contributed by atoms with Gasteiger partial charge in [-0.3, -0.25) is 4.79 Å². The Kier molecular flexibility index (Phi) is 4.99. The summed E-state index contributed by atoms with van der Waals surface area (Å²) in [5, 5.41) is 2.85. The van der Waals surface area contributed by atoms with Gasteiger partial charge in [0, 0.05) is 17.8 Å². The van der Waals surface area contributed by atoms with Gasteiger partial charge in [0.25, 0.3) is 5.91 Å². The highest BCUT2D eigenvalue weighted by Gasteiger charge is 2.18. The molecule has 110 valence electrons. The SMILES string of the molecule is CC1CCCC(CCNC(=O)c2cc(N)cc(F)c2)C1. The van der Waals surface area contributed by atoms with E-state index in [0.29, 0.717) is 18.0 Å². The second kappa shape index (κ2) is 6.73. The molecule has 2 rings (SSSR count). The Balaban J connectivity index is 1.80. The maximum Gasteiger partial charge on any atom is 0.251 e. The molecule has 0 radical (unpaired) electrons. The van der Waals surface area contributed by atoms with Crippen molar-refractivity contribution >= 4 is 11.6 Å². The van der Waals surface area contributed by atoms with Gasteiger partial charge < -0.3 is 11.1 Å². The summed E-state index contributed by atoms with van der Waals surface area (Å²) in [6.07, 6.45) is 6.13. The normalized spacial score (nSPS) is 22.5. The molecule has 1 aromatic rings. The first-order valence-corrected chi connectivity index (χ1v) is 7.39. The van der Waals surface area contributed by atoms with Crippen LogP contribution < -0.4 is 11.1 Å². The highest BCUT2D eigenvalue weighted by Crippen LogP contribution is 2.30. The lowest BCUT2D eigenvalue weighted by atomic mass is 9.81. The van der Waals surface area contributed by atoms with Gasteiger partial charge in [0.1, 0.15) is 5.82 Å². The summed E-state index contributed by atoms with van der Waals surface area (Å²) in [7, 11) is 0. The third kappa shape index (κ3) is 4.22. The maximum atomic E-state index is 13.2. The Bertz CT molecular complexity index is 455. The van der Waals surface area contributed by atoms with Crippen LogP contribution in [0, 0.1) is 17.7 Å². The first-order valence-electron chi connectivity index (χ1n) is 7.39. The molecular weight excluding hydrogens is 255 g/mol. The molecule has 3 N–H and O–H groups in total. The molecule has 1 saturated carbocycles. The summed E-state index contributed by atoms with van der Waals surface area (Å²) in [4.78, 5) is 11.9. The van der Waals surface area contributed by atoms with Gasteiger partial charge in [-0.1, -0.05) is 26.2 Å². The van der Waals surface area contributed by atoms with E-state index in [4.69, 9.17) is 5.73 Å². The lowest BCUT2D eigenvalue weighted by Crippen LogP contribution is -2.27. The monoisotopic (exact) mass is 278 g/mol. The molecule has 4 heteroatoms. The van der Waals surface area contributed by atoms with Crippen molar-refractivity contribution in [3.8, 4) is 0 Å². The minimum Gasteiger partial charge on any atom is -0.399 e. The quantitative estimate of drug-likeness (QED) is 0.830. The molecule has 1 amide bonds. The van der Waals surface area contributed by atoms with Crippen LogP contribution >= 0.6 is 0 Å². The van der Waals surface area contributed by atoms with Gasteiger partial charge in [-0.05, 0) is 42.9 Å². The summed E-state index contributed by atoms with van der Waals surface area (Å²) in [5.74, 6) is 0.778. The minimum absolute atomic E-state index is 0.250. The Labute approximate surface area is 119 Å². The average Bonchev–Trinajstić information content (AvgIpc) is 2.37. The maximum absolute atomic E-state index is 13.2. The largest absolute Gasteiger partial charge is 0.399 e. The van der Waals surface area contributed by atoms with E-state index in [1.54, 1.807) is 0 Å². The van der Waals surface area contributed by atoms with Crippen LogP contribution in [0.25, 0.3) is 0 Å². The Morgan fingerprint density at radius 1 is 1.40 bits per heavy atom. The molecule has 1 aromatic carbocycles. The number of benzene rings is 1. The van der Waals surface area contributed by atoms with Crippen LogP contribution in [-0.2, 0) is 0 Å². The summed E-state index contributed by atoms with van der Waals surface area (Å²) >= 11 is 0. The van der Waals surface area contributed by atoms with Gasteiger partial charge in [-0.25, -0.2) is 4.39 Å². The van der Waals surface area contributed by atoms with Crippen LogP contribution in [0.1, 0.15) is 49.4 Å². The number of amides is 1. The van der Waals surface area contributed by atoms with E-state index in [2.05, 4.69) is 12.2 Å². The van der Waals surface area contributed by atoms with Gasteiger partial charge in [0.05, 0.1) is 0 Å². The molecule has 0 saturated heterocycles. The number of nitrogens with two attached hydrogens (primary N) is 1. The molecule has 1 aliphatic rings. The zero-order valence-electron chi connectivity index (χ0n) is 12.0. The van der Waals surface area contributed by atoms with Gasteiger partial charge in [-0.15, -0.1) is 0 Å².